The minimum absolute atomic E-state index is 0.0658. The number of ether oxygens (including phenoxy) is 4. The van der Waals surface area contributed by atoms with Crippen molar-refractivity contribution in [2.24, 2.45) is 0 Å². The maximum Gasteiger partial charge on any atom is 0.310 e. The maximum atomic E-state index is 15.2. The summed E-state index contributed by atoms with van der Waals surface area (Å²) in [7, 11) is 5.30. The predicted octanol–water partition coefficient (Wildman–Crippen LogP) is 12.9. The van der Waals surface area contributed by atoms with Crippen molar-refractivity contribution in [3.63, 3.8) is 0 Å². The Bertz CT molecular complexity index is 4340. The number of methoxy groups -OCH3 is 4. The third-order valence-corrected chi connectivity index (χ3v) is 19.7. The molecule has 0 fully saturated rings. The molecule has 0 saturated carbocycles. The third-order valence-electron chi connectivity index (χ3n) is 19.7. The number of fused-ring (bicyclic) bond motifs is 16. The van der Waals surface area contributed by atoms with Crippen LogP contribution in [0.15, 0.2) is 49.6 Å². The van der Waals surface area contributed by atoms with Gasteiger partial charge in [0, 0.05) is 127 Å². The summed E-state index contributed by atoms with van der Waals surface area (Å²) in [6.07, 6.45) is 5.50. The minimum Gasteiger partial charge on any atom is -0.469 e. The number of nitrogens with one attached hydrogen (secondary N) is 6. The molecule has 6 aromatic rings. The van der Waals surface area contributed by atoms with E-state index in [9.17, 15) is 19.2 Å². The molecule has 6 N–H and O–H groups in total. The van der Waals surface area contributed by atoms with E-state index >= 15 is 9.59 Å². The number of aromatic nitrogens is 8. The number of aryl methyl sites for hydroxylation is 6. The average molecular weight is 1290 g/mol. The molecule has 4 atom stereocenters. The summed E-state index contributed by atoms with van der Waals surface area (Å²) in [5, 5.41) is 6.24. The van der Waals surface area contributed by atoms with Crippen LogP contribution in [0.3, 0.4) is 0 Å². The number of allylic oxidation sites excluding steroid dienone is 2. The first-order valence-electron chi connectivity index (χ1n) is 32.6. The zero-order valence-corrected chi connectivity index (χ0v) is 57.0. The van der Waals surface area contributed by atoms with Crippen LogP contribution in [0.25, 0.3) is 78.6 Å². The molecule has 0 saturated heterocycles. The van der Waals surface area contributed by atoms with Crippen LogP contribution in [0.5, 0.6) is 0 Å². The van der Waals surface area contributed by atoms with Crippen molar-refractivity contribution >= 4 is 114 Å². The molecule has 0 radical (unpaired) electrons. The molecule has 0 aromatic carbocycles. The first-order valence-corrected chi connectivity index (χ1v) is 32.6. The van der Waals surface area contributed by atoms with Gasteiger partial charge in [-0.2, -0.15) is 0 Å². The second-order valence-electron chi connectivity index (χ2n) is 25.0. The summed E-state index contributed by atoms with van der Waals surface area (Å²) < 4.78 is 20.9. The van der Waals surface area contributed by atoms with Crippen LogP contribution >= 0.6 is 0 Å². The van der Waals surface area contributed by atoms with Gasteiger partial charge in [0.1, 0.15) is 0 Å². The molecule has 95 heavy (non-hydrogen) atoms. The molecular formula is C75H86N10O10. The number of rotatable bonds is 20. The number of hydrogen-bond donors (Lipinski definition) is 6. The number of carbonyl (C=O) groups excluding carboxylic acids is 6. The van der Waals surface area contributed by atoms with E-state index in [-0.39, 0.29) is 79.6 Å². The molecule has 16 bridgehead atoms. The Hall–Kier alpha value is -9.98. The van der Waals surface area contributed by atoms with Gasteiger partial charge in [-0.25, -0.2) is 9.97 Å². The topological polar surface area (TPSA) is 278 Å². The van der Waals surface area contributed by atoms with Crippen molar-refractivity contribution in [2.45, 2.75) is 151 Å². The number of hydrogen-bond acceptors (Lipinski definition) is 14. The lowest BCUT2D eigenvalue weighted by molar-refractivity contribution is -0.141. The van der Waals surface area contributed by atoms with Gasteiger partial charge in [-0.1, -0.05) is 53.0 Å². The molecule has 4 aliphatic heterocycles. The molecule has 2 amide bonds. The highest BCUT2D eigenvalue weighted by Crippen LogP contribution is 2.46. The zero-order valence-electron chi connectivity index (χ0n) is 57.0. The van der Waals surface area contributed by atoms with E-state index < -0.39 is 47.5 Å². The van der Waals surface area contributed by atoms with E-state index in [0.29, 0.717) is 82.1 Å². The van der Waals surface area contributed by atoms with Crippen LogP contribution in [-0.2, 0) is 73.4 Å². The fourth-order valence-corrected chi connectivity index (χ4v) is 14.1. The molecule has 0 spiro atoms. The summed E-state index contributed by atoms with van der Waals surface area (Å²) in [5.41, 5.74) is 20.9. The normalized spacial score (nSPS) is 16.0. The van der Waals surface area contributed by atoms with E-state index in [4.69, 9.17) is 38.9 Å². The van der Waals surface area contributed by atoms with Crippen molar-refractivity contribution in [3.8, 4) is 0 Å². The lowest BCUT2D eigenvalue weighted by Gasteiger charge is -2.19. The SMILES string of the molecule is C=Cc1c(C)c2cc3nc(c(CC(=O)OC)c4nc(cc5[nH]c(cc1[nH]2)c(C)c5CC)C(C)=C4C(=O)NCCCNC(=O)C1=C(C)c2cc4[nH]c(cc5[nH]c(cc6nc(c(CC(=O)OC)c1n2)[C@@H](CCC(=O)OC)[C@@H]6C)c(C)c5C=C)c(C)c4CC)[C@@H](CCC(=O)OC)[C@@H]3C. The highest BCUT2D eigenvalue weighted by molar-refractivity contribution is 6.28. The molecule has 20 nitrogen and oxygen atoms in total. The van der Waals surface area contributed by atoms with Crippen LogP contribution in [0.4, 0.5) is 0 Å². The number of esters is 4. The third kappa shape index (κ3) is 13.1. The quantitative estimate of drug-likeness (QED) is 0.0236. The van der Waals surface area contributed by atoms with E-state index in [1.54, 1.807) is 0 Å². The smallest absolute Gasteiger partial charge is 0.310 e. The van der Waals surface area contributed by atoms with Gasteiger partial charge >= 0.3 is 23.9 Å². The standard InChI is InChI=1S/C75H86N10O10/c1-17-44-36(5)52-30-56-40(9)48(22-24-64(86)92-13)70(82-56)50(28-66(88)94-15)72-68(42(11)58(84-72)34-62-46(19-3)38(7)54(80-62)32-60(44)78-52)74(90)76-26-21-27-77-75(91)69-43(12)59-35-63-47(20-4)39(8)55(81-63)33-61-45(18-2)37(6)53(79-61)31-57-41(10)49(23-25-65(87)93-14)71(83-57)51(73(69)85-59)29-67(89)95-16/h17-18,30-35,40-41,48-49,78-81H,1-2,19-29H2,3-16H3,(H,76,90)(H,77,91)/t40-,41-,48-,49-/m0/s1. The van der Waals surface area contributed by atoms with Crippen LogP contribution in [-0.4, -0.2) is 117 Å². The minimum atomic E-state index is -0.577. The monoisotopic (exact) mass is 1290 g/mol. The Morgan fingerprint density at radius 1 is 0.474 bits per heavy atom. The molecule has 0 aliphatic carbocycles. The summed E-state index contributed by atoms with van der Waals surface area (Å²) in [6.45, 7) is 28.6. The number of amides is 2. The van der Waals surface area contributed by atoms with Crippen molar-refractivity contribution in [2.75, 3.05) is 41.5 Å². The van der Waals surface area contributed by atoms with Crippen molar-refractivity contribution in [1.82, 2.24) is 50.5 Å². The van der Waals surface area contributed by atoms with Crippen molar-refractivity contribution in [1.29, 1.82) is 0 Å². The molecular weight excluding hydrogens is 1200 g/mol. The number of H-pyrrole nitrogens is 4. The summed E-state index contributed by atoms with van der Waals surface area (Å²) >= 11 is 0. The second-order valence-corrected chi connectivity index (χ2v) is 25.0. The summed E-state index contributed by atoms with van der Waals surface area (Å²) in [4.78, 5) is 120. The fraction of sp³-hybridized carbons (Fsp3) is 0.387. The Morgan fingerprint density at radius 3 is 1.18 bits per heavy atom. The molecule has 6 aromatic heterocycles. The number of nitrogens with zero attached hydrogens (tertiary/aromatic N) is 4. The maximum absolute atomic E-state index is 15.2. The van der Waals surface area contributed by atoms with Gasteiger partial charge in [-0.05, 0) is 155 Å². The zero-order chi connectivity index (χ0) is 68.4. The molecule has 496 valence electrons. The highest BCUT2D eigenvalue weighted by Gasteiger charge is 2.38. The second kappa shape index (κ2) is 28.3. The molecule has 20 heteroatoms. The van der Waals surface area contributed by atoms with Crippen LogP contribution < -0.4 is 10.6 Å². The number of carbonyl (C=O) groups is 6. The van der Waals surface area contributed by atoms with Crippen LogP contribution in [0.1, 0.15) is 199 Å². The van der Waals surface area contributed by atoms with E-state index in [2.05, 4.69) is 83.6 Å². The van der Waals surface area contributed by atoms with Gasteiger partial charge in [-0.3, -0.25) is 38.7 Å². The first-order chi connectivity index (χ1) is 45.5. The van der Waals surface area contributed by atoms with Gasteiger partial charge in [-0.15, -0.1) is 0 Å². The molecule has 10 heterocycles. The van der Waals surface area contributed by atoms with Gasteiger partial charge in [0.2, 0.25) is 0 Å². The van der Waals surface area contributed by atoms with Crippen molar-refractivity contribution in [3.05, 3.63) is 151 Å². The van der Waals surface area contributed by atoms with Gasteiger partial charge in [0.05, 0.1) is 86.6 Å². The summed E-state index contributed by atoms with van der Waals surface area (Å²) in [5.74, 6) is -4.26. The van der Waals surface area contributed by atoms with Gasteiger partial charge in [0.15, 0.2) is 0 Å². The van der Waals surface area contributed by atoms with Crippen LogP contribution in [0.2, 0.25) is 0 Å². The first kappa shape index (κ1) is 67.9. The molecule has 4 aliphatic rings. The Kier molecular flexibility index (Phi) is 20.2. The van der Waals surface area contributed by atoms with Gasteiger partial charge in [0.25, 0.3) is 11.8 Å². The Labute approximate surface area is 553 Å². The Balaban J connectivity index is 1.06. The number of aromatic amines is 4. The average Bonchev–Trinajstić information content (AvgIpc) is 1.62. The lowest BCUT2D eigenvalue weighted by Crippen LogP contribution is -2.31. The van der Waals surface area contributed by atoms with E-state index in [1.807, 2.05) is 78.0 Å². The molecule has 0 unspecified atom stereocenters. The highest BCUT2D eigenvalue weighted by atomic mass is 16.5. The van der Waals surface area contributed by atoms with E-state index in [0.717, 1.165) is 88.6 Å². The van der Waals surface area contributed by atoms with Gasteiger partial charge < -0.3 is 49.5 Å². The Morgan fingerprint density at radius 2 is 0.832 bits per heavy atom. The predicted molar refractivity (Wildman–Crippen MR) is 372 cm³/mol. The van der Waals surface area contributed by atoms with Crippen LogP contribution in [0, 0.1) is 27.7 Å². The fourth-order valence-electron chi connectivity index (χ4n) is 14.1. The van der Waals surface area contributed by atoms with E-state index in [1.165, 1.54) is 28.4 Å². The molecule has 10 rings (SSSR count). The largest absolute Gasteiger partial charge is 0.469 e. The summed E-state index contributed by atoms with van der Waals surface area (Å²) in [6, 6.07) is 12.0. The van der Waals surface area contributed by atoms with Crippen molar-refractivity contribution < 1.29 is 47.7 Å². The lowest BCUT2D eigenvalue weighted by atomic mass is 9.84.